The van der Waals surface area contributed by atoms with Gasteiger partial charge in [-0.05, 0) is 56.5 Å². The lowest BCUT2D eigenvalue weighted by molar-refractivity contribution is -0.181. The number of benzene rings is 2. The standard InChI is InChI=1S/C31H36N4O7/c1-34(2)20-14-19(33-11-10-15-8-6-5-7-9-15)25(36)22-17(20)12-16-13-18-24(35(3)4)27(38)23(30(32)41)29(40)31(18,42)28(39)21(16)26(22)37/h5-9,14,16,18,21,23-24,33,36,42H,10-13H2,1-4H3,(H2,32,41)/t16-,18-,21?,23?,24-,31-/m0/s1. The second kappa shape index (κ2) is 10.6. The summed E-state index contributed by atoms with van der Waals surface area (Å²) in [6, 6.07) is 10.4. The van der Waals surface area contributed by atoms with Crippen LogP contribution in [-0.2, 0) is 32.0 Å². The maximum absolute atomic E-state index is 14.1. The van der Waals surface area contributed by atoms with Crippen molar-refractivity contribution in [1.29, 1.82) is 0 Å². The number of rotatable bonds is 7. The minimum absolute atomic E-state index is 0.00853. The van der Waals surface area contributed by atoms with Crippen LogP contribution in [0.15, 0.2) is 36.4 Å². The number of aromatic hydroxyl groups is 1. The summed E-state index contributed by atoms with van der Waals surface area (Å²) < 4.78 is 0. The SMILES string of the molecule is CN(C)c1cc(NCCc2ccccc2)c(O)c2c1C[C@H]1C[C@H]3[C@H](N(C)C)C(=O)C(C(N)=O)C(=O)[C@@]3(O)C(=O)C1C2=O. The van der Waals surface area contributed by atoms with Gasteiger partial charge in [0.25, 0.3) is 0 Å². The molecule has 2 unspecified atom stereocenters. The van der Waals surface area contributed by atoms with Crippen molar-refractivity contribution in [2.75, 3.05) is 45.0 Å². The Morgan fingerprint density at radius 2 is 1.74 bits per heavy atom. The maximum Gasteiger partial charge on any atom is 0.235 e. The number of nitrogens with two attached hydrogens (primary N) is 1. The van der Waals surface area contributed by atoms with Gasteiger partial charge < -0.3 is 26.2 Å². The molecule has 3 aliphatic carbocycles. The number of amides is 1. The van der Waals surface area contributed by atoms with Crippen molar-refractivity contribution in [2.45, 2.75) is 30.9 Å². The second-order valence-corrected chi connectivity index (χ2v) is 12.0. The third-order valence-electron chi connectivity index (χ3n) is 9.09. The molecule has 2 saturated carbocycles. The second-order valence-electron chi connectivity index (χ2n) is 12.0. The van der Waals surface area contributed by atoms with Crippen molar-refractivity contribution in [1.82, 2.24) is 4.90 Å². The van der Waals surface area contributed by atoms with E-state index in [1.54, 1.807) is 20.2 Å². The predicted octanol–water partition coefficient (Wildman–Crippen LogP) is 0.588. The number of Topliss-reactive ketones (excluding diaryl/α,β-unsaturated/α-hetero) is 4. The van der Waals surface area contributed by atoms with E-state index in [9.17, 15) is 34.2 Å². The summed E-state index contributed by atoms with van der Waals surface area (Å²) in [6.07, 6.45) is 0.876. The minimum Gasteiger partial charge on any atom is -0.505 e. The molecule has 2 aromatic rings. The topological polar surface area (TPSA) is 170 Å². The molecule has 0 radical (unpaired) electrons. The molecule has 11 heteroatoms. The number of ketones is 4. The fourth-order valence-corrected chi connectivity index (χ4v) is 7.17. The van der Waals surface area contributed by atoms with Crippen LogP contribution in [0.4, 0.5) is 11.4 Å². The van der Waals surface area contributed by atoms with Crippen LogP contribution >= 0.6 is 0 Å². The highest BCUT2D eigenvalue weighted by Gasteiger charge is 2.69. The van der Waals surface area contributed by atoms with Gasteiger partial charge >= 0.3 is 0 Å². The Hall–Kier alpha value is -4.09. The van der Waals surface area contributed by atoms with E-state index in [0.717, 1.165) is 5.56 Å². The first-order valence-corrected chi connectivity index (χ1v) is 14.0. The van der Waals surface area contributed by atoms with Gasteiger partial charge in [0, 0.05) is 32.2 Å². The molecular weight excluding hydrogens is 540 g/mol. The van der Waals surface area contributed by atoms with Crippen molar-refractivity contribution >= 4 is 40.4 Å². The number of fused-ring (bicyclic) bond motifs is 3. The lowest BCUT2D eigenvalue weighted by Gasteiger charge is -2.52. The highest BCUT2D eigenvalue weighted by molar-refractivity contribution is 6.32. The average molecular weight is 577 g/mol. The Morgan fingerprint density at radius 3 is 2.33 bits per heavy atom. The zero-order chi connectivity index (χ0) is 30.7. The van der Waals surface area contributed by atoms with E-state index in [1.165, 1.54) is 4.90 Å². The fraction of sp³-hybridized carbons (Fsp3) is 0.452. The summed E-state index contributed by atoms with van der Waals surface area (Å²) in [4.78, 5) is 70.3. The summed E-state index contributed by atoms with van der Waals surface area (Å²) >= 11 is 0. The van der Waals surface area contributed by atoms with Gasteiger partial charge in [-0.3, -0.25) is 28.9 Å². The van der Waals surface area contributed by atoms with Gasteiger partial charge in [-0.2, -0.15) is 0 Å². The number of likely N-dealkylation sites (N-methyl/N-ethyl adjacent to an activating group) is 1. The van der Waals surface area contributed by atoms with E-state index in [1.807, 2.05) is 49.3 Å². The number of phenolic OH excluding ortho intramolecular Hbond substituents is 1. The molecular formula is C31H36N4O7. The van der Waals surface area contributed by atoms with Gasteiger partial charge in [-0.1, -0.05) is 30.3 Å². The first kappa shape index (κ1) is 29.4. The van der Waals surface area contributed by atoms with Gasteiger partial charge in [-0.25, -0.2) is 0 Å². The van der Waals surface area contributed by atoms with Crippen LogP contribution in [-0.4, -0.2) is 90.5 Å². The first-order valence-electron chi connectivity index (χ1n) is 14.0. The summed E-state index contributed by atoms with van der Waals surface area (Å²) in [5.41, 5.74) is 5.25. The zero-order valence-corrected chi connectivity index (χ0v) is 24.1. The van der Waals surface area contributed by atoms with Crippen molar-refractivity contribution in [3.8, 4) is 5.75 Å². The molecule has 0 aliphatic heterocycles. The normalized spacial score (nSPS) is 28.7. The number of nitrogens with zero attached hydrogens (tertiary/aromatic N) is 2. The monoisotopic (exact) mass is 576 g/mol. The molecule has 6 atom stereocenters. The first-order chi connectivity index (χ1) is 19.8. The predicted molar refractivity (Wildman–Crippen MR) is 154 cm³/mol. The minimum atomic E-state index is -2.75. The lowest BCUT2D eigenvalue weighted by Crippen LogP contribution is -2.74. The summed E-state index contributed by atoms with van der Waals surface area (Å²) in [6.45, 7) is 0.465. The van der Waals surface area contributed by atoms with Crippen LogP contribution < -0.4 is 16.0 Å². The van der Waals surface area contributed by atoms with E-state index >= 15 is 0 Å². The number of hydrogen-bond acceptors (Lipinski definition) is 10. The zero-order valence-electron chi connectivity index (χ0n) is 24.1. The number of carbonyl (C=O) groups excluding carboxylic acids is 5. The lowest BCUT2D eigenvalue weighted by atomic mass is 9.52. The van der Waals surface area contributed by atoms with Crippen LogP contribution in [0, 0.1) is 23.7 Å². The molecule has 1 amide bonds. The molecule has 0 bridgehead atoms. The molecule has 222 valence electrons. The summed E-state index contributed by atoms with van der Waals surface area (Å²) in [5.74, 6) is -10.6. The number of nitrogens with one attached hydrogen (secondary N) is 1. The Kier molecular flexibility index (Phi) is 7.44. The van der Waals surface area contributed by atoms with Crippen molar-refractivity contribution in [3.05, 3.63) is 53.1 Å². The summed E-state index contributed by atoms with van der Waals surface area (Å²) in [5, 5.41) is 26.3. The molecule has 0 aromatic heterocycles. The number of anilines is 2. The number of hydrogen-bond donors (Lipinski definition) is 4. The highest BCUT2D eigenvalue weighted by atomic mass is 16.3. The van der Waals surface area contributed by atoms with Gasteiger partial charge in [0.1, 0.15) is 5.75 Å². The maximum atomic E-state index is 14.1. The third-order valence-corrected chi connectivity index (χ3v) is 9.09. The molecule has 42 heavy (non-hydrogen) atoms. The largest absolute Gasteiger partial charge is 0.505 e. The highest BCUT2D eigenvalue weighted by Crippen LogP contribution is 2.52. The quantitative estimate of drug-likeness (QED) is 0.270. The van der Waals surface area contributed by atoms with E-state index in [-0.39, 0.29) is 24.2 Å². The van der Waals surface area contributed by atoms with E-state index < -0.39 is 64.4 Å². The van der Waals surface area contributed by atoms with Gasteiger partial charge in [0.2, 0.25) is 5.91 Å². The molecule has 2 fully saturated rings. The van der Waals surface area contributed by atoms with Crippen LogP contribution in [0.25, 0.3) is 0 Å². The van der Waals surface area contributed by atoms with E-state index in [0.29, 0.717) is 29.9 Å². The van der Waals surface area contributed by atoms with Crippen molar-refractivity contribution in [3.63, 3.8) is 0 Å². The van der Waals surface area contributed by atoms with Crippen LogP contribution in [0.3, 0.4) is 0 Å². The van der Waals surface area contributed by atoms with Gasteiger partial charge in [0.05, 0.1) is 23.2 Å². The van der Waals surface area contributed by atoms with Crippen LogP contribution in [0.1, 0.15) is 27.9 Å². The molecule has 5 N–H and O–H groups in total. The van der Waals surface area contributed by atoms with Crippen molar-refractivity contribution < 1.29 is 34.2 Å². The van der Waals surface area contributed by atoms with Crippen molar-refractivity contribution in [2.24, 2.45) is 29.4 Å². The Labute approximate surface area is 243 Å². The van der Waals surface area contributed by atoms with Crippen LogP contribution in [0.5, 0.6) is 5.75 Å². The smallest absolute Gasteiger partial charge is 0.235 e. The fourth-order valence-electron chi connectivity index (χ4n) is 7.17. The Balaban J connectivity index is 1.56. The van der Waals surface area contributed by atoms with Gasteiger partial charge in [-0.15, -0.1) is 0 Å². The number of aliphatic hydroxyl groups is 1. The Bertz CT molecular complexity index is 1490. The average Bonchev–Trinajstić information content (AvgIpc) is 2.92. The number of primary amides is 1. The Morgan fingerprint density at radius 1 is 1.07 bits per heavy atom. The molecule has 2 aromatic carbocycles. The molecule has 0 heterocycles. The third kappa shape index (κ3) is 4.38. The number of carbonyl (C=O) groups is 5. The summed E-state index contributed by atoms with van der Waals surface area (Å²) in [7, 11) is 6.74. The van der Waals surface area contributed by atoms with E-state index in [4.69, 9.17) is 5.73 Å². The molecule has 11 nitrogen and oxygen atoms in total. The molecule has 0 spiro atoms. The molecule has 0 saturated heterocycles. The van der Waals surface area contributed by atoms with Crippen LogP contribution in [0.2, 0.25) is 0 Å². The molecule has 5 rings (SSSR count). The van der Waals surface area contributed by atoms with Gasteiger partial charge in [0.15, 0.2) is 34.7 Å². The number of phenols is 1. The molecule has 3 aliphatic rings. The van der Waals surface area contributed by atoms with E-state index in [2.05, 4.69) is 5.32 Å².